The van der Waals surface area contributed by atoms with E-state index in [0.717, 1.165) is 16.2 Å². The highest BCUT2D eigenvalue weighted by Crippen LogP contribution is 2.31. The molecule has 2 aliphatic heterocycles. The standard InChI is InChI=1S/C14H20BrN3/c15-13-8-10(16)3-4-14(13)17-11-5-7-18-6-1-2-12(18)9-11/h3-4,8,11-12,17H,1-2,5-7,9,16H2. The molecule has 3 nitrogen and oxygen atoms in total. The molecule has 2 heterocycles. The van der Waals surface area contributed by atoms with Gasteiger partial charge < -0.3 is 16.0 Å². The van der Waals surface area contributed by atoms with E-state index in [1.807, 2.05) is 12.1 Å². The molecular formula is C14H20BrN3. The van der Waals surface area contributed by atoms with Gasteiger partial charge in [-0.25, -0.2) is 0 Å². The number of hydrogen-bond acceptors (Lipinski definition) is 3. The van der Waals surface area contributed by atoms with Crippen molar-refractivity contribution in [2.75, 3.05) is 24.1 Å². The second-order valence-corrected chi connectivity index (χ2v) is 6.29. The number of nitrogen functional groups attached to an aromatic ring is 1. The molecule has 2 fully saturated rings. The van der Waals surface area contributed by atoms with Gasteiger partial charge in [0, 0.05) is 34.5 Å². The number of benzene rings is 1. The zero-order valence-electron chi connectivity index (χ0n) is 10.5. The first-order chi connectivity index (χ1) is 8.72. The molecule has 0 radical (unpaired) electrons. The van der Waals surface area contributed by atoms with Crippen molar-refractivity contribution in [3.63, 3.8) is 0 Å². The third-order valence-electron chi connectivity index (χ3n) is 4.17. The van der Waals surface area contributed by atoms with Crippen LogP contribution in [0.25, 0.3) is 0 Å². The fourth-order valence-corrected chi connectivity index (χ4v) is 3.73. The van der Waals surface area contributed by atoms with E-state index in [0.29, 0.717) is 6.04 Å². The Labute approximate surface area is 117 Å². The van der Waals surface area contributed by atoms with E-state index in [4.69, 9.17) is 5.73 Å². The van der Waals surface area contributed by atoms with Crippen LogP contribution in [0.2, 0.25) is 0 Å². The normalized spacial score (nSPS) is 28.1. The molecule has 1 aromatic rings. The second-order valence-electron chi connectivity index (χ2n) is 5.44. The van der Waals surface area contributed by atoms with Crippen molar-refractivity contribution in [2.24, 2.45) is 0 Å². The van der Waals surface area contributed by atoms with Gasteiger partial charge in [0.15, 0.2) is 0 Å². The number of piperidine rings is 1. The number of nitrogens with two attached hydrogens (primary N) is 1. The van der Waals surface area contributed by atoms with Gasteiger partial charge in [-0.15, -0.1) is 0 Å². The zero-order valence-corrected chi connectivity index (χ0v) is 12.1. The van der Waals surface area contributed by atoms with E-state index >= 15 is 0 Å². The summed E-state index contributed by atoms with van der Waals surface area (Å²) in [5.41, 5.74) is 7.74. The minimum Gasteiger partial charge on any atom is -0.399 e. The maximum absolute atomic E-state index is 5.77. The van der Waals surface area contributed by atoms with Crippen LogP contribution in [0.3, 0.4) is 0 Å². The number of hydrogen-bond donors (Lipinski definition) is 2. The van der Waals surface area contributed by atoms with Crippen LogP contribution in [0.4, 0.5) is 11.4 Å². The van der Waals surface area contributed by atoms with Crippen molar-refractivity contribution in [1.82, 2.24) is 4.90 Å². The van der Waals surface area contributed by atoms with E-state index in [9.17, 15) is 0 Å². The van der Waals surface area contributed by atoms with Gasteiger partial charge in [0.05, 0.1) is 0 Å². The quantitative estimate of drug-likeness (QED) is 0.825. The van der Waals surface area contributed by atoms with Crippen molar-refractivity contribution in [2.45, 2.75) is 37.8 Å². The van der Waals surface area contributed by atoms with Crippen LogP contribution in [0.15, 0.2) is 22.7 Å². The smallest absolute Gasteiger partial charge is 0.0488 e. The van der Waals surface area contributed by atoms with Crippen molar-refractivity contribution >= 4 is 27.3 Å². The summed E-state index contributed by atoms with van der Waals surface area (Å²) < 4.78 is 1.07. The molecule has 0 aliphatic carbocycles. The Hall–Kier alpha value is -0.740. The monoisotopic (exact) mass is 309 g/mol. The molecule has 3 rings (SSSR count). The summed E-state index contributed by atoms with van der Waals surface area (Å²) in [6.07, 6.45) is 5.27. The number of anilines is 2. The SMILES string of the molecule is Nc1ccc(NC2CCN3CCCC3C2)c(Br)c1. The molecule has 2 aliphatic rings. The van der Waals surface area contributed by atoms with Gasteiger partial charge in [-0.3, -0.25) is 0 Å². The summed E-state index contributed by atoms with van der Waals surface area (Å²) >= 11 is 3.58. The number of rotatable bonds is 2. The zero-order chi connectivity index (χ0) is 12.5. The third-order valence-corrected chi connectivity index (χ3v) is 4.83. The van der Waals surface area contributed by atoms with E-state index in [1.54, 1.807) is 0 Å². The fraction of sp³-hybridized carbons (Fsp3) is 0.571. The van der Waals surface area contributed by atoms with Crippen molar-refractivity contribution < 1.29 is 0 Å². The first kappa shape index (κ1) is 12.3. The number of fused-ring (bicyclic) bond motifs is 1. The highest BCUT2D eigenvalue weighted by molar-refractivity contribution is 9.10. The lowest BCUT2D eigenvalue weighted by molar-refractivity contribution is 0.188. The molecule has 18 heavy (non-hydrogen) atoms. The predicted molar refractivity (Wildman–Crippen MR) is 79.8 cm³/mol. The Morgan fingerprint density at radius 3 is 3.00 bits per heavy atom. The van der Waals surface area contributed by atoms with Crippen LogP contribution in [0, 0.1) is 0 Å². The van der Waals surface area contributed by atoms with Crippen LogP contribution in [-0.2, 0) is 0 Å². The minimum absolute atomic E-state index is 0.601. The Balaban J connectivity index is 1.66. The van der Waals surface area contributed by atoms with E-state index in [-0.39, 0.29) is 0 Å². The predicted octanol–water partition coefficient (Wildman–Crippen LogP) is 3.07. The molecule has 0 aromatic heterocycles. The van der Waals surface area contributed by atoms with Gasteiger partial charge in [-0.05, 0) is 66.4 Å². The molecule has 0 saturated carbocycles. The first-order valence-electron chi connectivity index (χ1n) is 6.78. The molecule has 98 valence electrons. The summed E-state index contributed by atoms with van der Waals surface area (Å²) in [5, 5.41) is 3.66. The molecule has 1 aromatic carbocycles. The lowest BCUT2D eigenvalue weighted by Gasteiger charge is -2.35. The summed E-state index contributed by atoms with van der Waals surface area (Å²) in [5.74, 6) is 0. The highest BCUT2D eigenvalue weighted by Gasteiger charge is 2.31. The van der Waals surface area contributed by atoms with E-state index < -0.39 is 0 Å². The Kier molecular flexibility index (Phi) is 3.48. The Morgan fingerprint density at radius 2 is 2.17 bits per heavy atom. The van der Waals surface area contributed by atoms with Gasteiger partial charge in [0.25, 0.3) is 0 Å². The molecule has 2 atom stereocenters. The summed E-state index contributed by atoms with van der Waals surface area (Å²) in [6, 6.07) is 7.40. The molecular weight excluding hydrogens is 290 g/mol. The number of nitrogens with one attached hydrogen (secondary N) is 1. The Bertz CT molecular complexity index is 435. The lowest BCUT2D eigenvalue weighted by Crippen LogP contribution is -2.42. The maximum Gasteiger partial charge on any atom is 0.0488 e. The molecule has 4 heteroatoms. The van der Waals surface area contributed by atoms with Crippen LogP contribution in [0.5, 0.6) is 0 Å². The average molecular weight is 310 g/mol. The van der Waals surface area contributed by atoms with Crippen molar-refractivity contribution in [1.29, 1.82) is 0 Å². The van der Waals surface area contributed by atoms with Crippen molar-refractivity contribution in [3.8, 4) is 0 Å². The van der Waals surface area contributed by atoms with Gasteiger partial charge >= 0.3 is 0 Å². The van der Waals surface area contributed by atoms with Gasteiger partial charge in [-0.2, -0.15) is 0 Å². The lowest BCUT2D eigenvalue weighted by atomic mass is 9.97. The maximum atomic E-state index is 5.77. The largest absolute Gasteiger partial charge is 0.399 e. The molecule has 0 amide bonds. The molecule has 2 saturated heterocycles. The van der Waals surface area contributed by atoms with Crippen molar-refractivity contribution in [3.05, 3.63) is 22.7 Å². The third kappa shape index (κ3) is 2.50. The summed E-state index contributed by atoms with van der Waals surface area (Å²) in [4.78, 5) is 2.65. The number of halogens is 1. The van der Waals surface area contributed by atoms with Crippen LogP contribution >= 0.6 is 15.9 Å². The second kappa shape index (κ2) is 5.10. The van der Waals surface area contributed by atoms with Crippen LogP contribution in [-0.4, -0.2) is 30.1 Å². The number of nitrogens with zero attached hydrogens (tertiary/aromatic N) is 1. The Morgan fingerprint density at radius 1 is 1.28 bits per heavy atom. The summed E-state index contributed by atoms with van der Waals surface area (Å²) in [6.45, 7) is 2.55. The minimum atomic E-state index is 0.601. The fourth-order valence-electron chi connectivity index (χ4n) is 3.22. The van der Waals surface area contributed by atoms with Gasteiger partial charge in [0.2, 0.25) is 0 Å². The molecule has 0 bridgehead atoms. The highest BCUT2D eigenvalue weighted by atomic mass is 79.9. The van der Waals surface area contributed by atoms with Gasteiger partial charge in [0.1, 0.15) is 0 Å². The molecule has 0 spiro atoms. The van der Waals surface area contributed by atoms with Gasteiger partial charge in [-0.1, -0.05) is 0 Å². The molecule has 3 N–H and O–H groups in total. The average Bonchev–Trinajstić information content (AvgIpc) is 2.80. The van der Waals surface area contributed by atoms with Crippen LogP contribution < -0.4 is 11.1 Å². The van der Waals surface area contributed by atoms with Crippen LogP contribution in [0.1, 0.15) is 25.7 Å². The summed E-state index contributed by atoms with van der Waals surface area (Å²) in [7, 11) is 0. The molecule has 2 unspecified atom stereocenters. The first-order valence-corrected chi connectivity index (χ1v) is 7.57. The van der Waals surface area contributed by atoms with E-state index in [1.165, 1.54) is 44.5 Å². The topological polar surface area (TPSA) is 41.3 Å². The van der Waals surface area contributed by atoms with E-state index in [2.05, 4.69) is 32.2 Å².